The molecule has 0 spiro atoms. The zero-order valence-corrected chi connectivity index (χ0v) is 21.3. The van der Waals surface area contributed by atoms with Crippen molar-refractivity contribution in [1.29, 1.82) is 0 Å². The monoisotopic (exact) mass is 493 g/mol. The normalized spacial score (nSPS) is 23.3. The SMILES string of the molecule is O=C(CN1CCCC(c2ccccc2)(c2ccccc2)C1=O)N1CC2CN(Cc3ccccc3)CC2C1. The first kappa shape index (κ1) is 23.9. The number of carbonyl (C=O) groups excluding carboxylic acids is 2. The van der Waals surface area contributed by atoms with Crippen molar-refractivity contribution >= 4 is 11.8 Å². The molecule has 2 atom stereocenters. The molecular weight excluding hydrogens is 458 g/mol. The number of nitrogens with zero attached hydrogens (tertiary/aromatic N) is 3. The van der Waals surface area contributed by atoms with E-state index in [2.05, 4.69) is 59.5 Å². The highest BCUT2D eigenvalue weighted by atomic mass is 16.2. The lowest BCUT2D eigenvalue weighted by Crippen LogP contribution is -2.54. The molecule has 3 aliphatic heterocycles. The minimum absolute atomic E-state index is 0.0536. The fourth-order valence-corrected chi connectivity index (χ4v) is 6.84. The maximum Gasteiger partial charge on any atom is 0.242 e. The molecule has 6 rings (SSSR count). The first-order valence-corrected chi connectivity index (χ1v) is 13.6. The summed E-state index contributed by atoms with van der Waals surface area (Å²) < 4.78 is 0. The molecule has 5 heteroatoms. The number of piperidine rings is 1. The fraction of sp³-hybridized carbons (Fsp3) is 0.375. The molecule has 0 aromatic heterocycles. The summed E-state index contributed by atoms with van der Waals surface area (Å²) in [6.45, 7) is 5.48. The van der Waals surface area contributed by atoms with E-state index in [-0.39, 0.29) is 18.4 Å². The van der Waals surface area contributed by atoms with Crippen LogP contribution in [0.25, 0.3) is 0 Å². The van der Waals surface area contributed by atoms with Gasteiger partial charge in [0.1, 0.15) is 0 Å². The molecule has 3 saturated heterocycles. The van der Waals surface area contributed by atoms with Crippen molar-refractivity contribution < 1.29 is 9.59 Å². The van der Waals surface area contributed by atoms with Crippen molar-refractivity contribution in [3.63, 3.8) is 0 Å². The summed E-state index contributed by atoms with van der Waals surface area (Å²) in [5.74, 6) is 1.20. The largest absolute Gasteiger partial charge is 0.340 e. The van der Waals surface area contributed by atoms with Crippen LogP contribution >= 0.6 is 0 Å². The third-order valence-electron chi connectivity index (χ3n) is 8.65. The minimum atomic E-state index is -0.736. The van der Waals surface area contributed by atoms with E-state index in [1.54, 1.807) is 0 Å². The summed E-state index contributed by atoms with van der Waals surface area (Å²) in [5.41, 5.74) is 2.63. The van der Waals surface area contributed by atoms with E-state index in [1.165, 1.54) is 5.56 Å². The van der Waals surface area contributed by atoms with Crippen LogP contribution in [0.4, 0.5) is 0 Å². The van der Waals surface area contributed by atoms with E-state index in [4.69, 9.17) is 0 Å². The zero-order valence-electron chi connectivity index (χ0n) is 21.3. The van der Waals surface area contributed by atoms with Gasteiger partial charge in [0.25, 0.3) is 0 Å². The maximum absolute atomic E-state index is 14.2. The number of carbonyl (C=O) groups is 2. The van der Waals surface area contributed by atoms with Crippen LogP contribution in [-0.4, -0.2) is 65.8 Å². The van der Waals surface area contributed by atoms with Crippen LogP contribution < -0.4 is 0 Å². The van der Waals surface area contributed by atoms with Crippen molar-refractivity contribution in [2.75, 3.05) is 39.3 Å². The summed E-state index contributed by atoms with van der Waals surface area (Å²) >= 11 is 0. The van der Waals surface area contributed by atoms with Crippen LogP contribution in [0.3, 0.4) is 0 Å². The Kier molecular flexibility index (Phi) is 6.56. The molecule has 0 N–H and O–H groups in total. The number of benzene rings is 3. The highest BCUT2D eigenvalue weighted by Crippen LogP contribution is 2.41. The lowest BCUT2D eigenvalue weighted by molar-refractivity contribution is -0.145. The molecular formula is C32H35N3O2. The van der Waals surface area contributed by atoms with Crippen LogP contribution in [0.15, 0.2) is 91.0 Å². The van der Waals surface area contributed by atoms with Gasteiger partial charge in [-0.1, -0.05) is 91.0 Å². The first-order chi connectivity index (χ1) is 18.1. The smallest absolute Gasteiger partial charge is 0.242 e. The van der Waals surface area contributed by atoms with Crippen molar-refractivity contribution in [3.8, 4) is 0 Å². The zero-order chi connectivity index (χ0) is 25.2. The number of fused-ring (bicyclic) bond motifs is 1. The lowest BCUT2D eigenvalue weighted by Gasteiger charge is -2.42. The van der Waals surface area contributed by atoms with Crippen LogP contribution in [0, 0.1) is 11.8 Å². The highest BCUT2D eigenvalue weighted by molar-refractivity contribution is 5.95. The molecule has 37 heavy (non-hydrogen) atoms. The molecule has 3 aromatic rings. The summed E-state index contributed by atoms with van der Waals surface area (Å²) in [4.78, 5) is 34.0. The summed E-state index contributed by atoms with van der Waals surface area (Å²) in [6.07, 6.45) is 1.64. The van der Waals surface area contributed by atoms with Gasteiger partial charge in [0.2, 0.25) is 11.8 Å². The van der Waals surface area contributed by atoms with Gasteiger partial charge in [-0.2, -0.15) is 0 Å². The lowest BCUT2D eigenvalue weighted by atomic mass is 9.68. The average Bonchev–Trinajstić information content (AvgIpc) is 3.51. The van der Waals surface area contributed by atoms with Gasteiger partial charge >= 0.3 is 0 Å². The molecule has 3 heterocycles. The molecule has 5 nitrogen and oxygen atoms in total. The van der Waals surface area contributed by atoms with E-state index in [1.807, 2.05) is 46.2 Å². The topological polar surface area (TPSA) is 43.9 Å². The standard InChI is InChI=1S/C32H35N3O2/c36-30(35-22-26-20-33(21-27(26)23-35)19-25-11-4-1-5-12-25)24-34-18-10-17-32(31(34)37,28-13-6-2-7-14-28)29-15-8-3-9-16-29/h1-9,11-16,26-27H,10,17-24H2. The molecule has 2 amide bonds. The van der Waals surface area contributed by atoms with Crippen LogP contribution in [0.2, 0.25) is 0 Å². The number of hydrogen-bond acceptors (Lipinski definition) is 3. The van der Waals surface area contributed by atoms with Gasteiger partial charge < -0.3 is 9.80 Å². The minimum Gasteiger partial charge on any atom is -0.340 e. The van der Waals surface area contributed by atoms with E-state index in [0.29, 0.717) is 18.4 Å². The van der Waals surface area contributed by atoms with Gasteiger partial charge in [-0.15, -0.1) is 0 Å². The Morgan fingerprint density at radius 1 is 0.757 bits per heavy atom. The Balaban J connectivity index is 1.13. The Morgan fingerprint density at radius 3 is 1.86 bits per heavy atom. The molecule has 190 valence electrons. The van der Waals surface area contributed by atoms with Crippen LogP contribution in [0.1, 0.15) is 29.5 Å². The molecule has 0 saturated carbocycles. The van der Waals surface area contributed by atoms with Gasteiger partial charge in [0.05, 0.1) is 12.0 Å². The second kappa shape index (κ2) is 10.1. The van der Waals surface area contributed by atoms with Gasteiger partial charge in [0.15, 0.2) is 0 Å². The van der Waals surface area contributed by atoms with E-state index in [9.17, 15) is 9.59 Å². The second-order valence-electron chi connectivity index (χ2n) is 11.0. The average molecular weight is 494 g/mol. The summed E-state index contributed by atoms with van der Waals surface area (Å²) in [7, 11) is 0. The Hall–Kier alpha value is -3.44. The molecule has 0 aliphatic carbocycles. The van der Waals surface area contributed by atoms with E-state index >= 15 is 0 Å². The Bertz CT molecular complexity index is 1180. The second-order valence-corrected chi connectivity index (χ2v) is 11.0. The highest BCUT2D eigenvalue weighted by Gasteiger charge is 2.48. The van der Waals surface area contributed by atoms with Crippen molar-refractivity contribution in [1.82, 2.24) is 14.7 Å². The number of hydrogen-bond donors (Lipinski definition) is 0. The van der Waals surface area contributed by atoms with E-state index < -0.39 is 5.41 Å². The van der Waals surface area contributed by atoms with Gasteiger partial charge in [-0.05, 0) is 41.4 Å². The van der Waals surface area contributed by atoms with Gasteiger partial charge in [0, 0.05) is 39.3 Å². The number of amides is 2. The number of likely N-dealkylation sites (tertiary alicyclic amines) is 3. The quantitative estimate of drug-likeness (QED) is 0.517. The maximum atomic E-state index is 14.2. The fourth-order valence-electron chi connectivity index (χ4n) is 6.84. The molecule has 3 aromatic carbocycles. The molecule has 3 aliphatic rings. The van der Waals surface area contributed by atoms with Crippen LogP contribution in [-0.2, 0) is 21.5 Å². The predicted molar refractivity (Wildman–Crippen MR) is 145 cm³/mol. The molecule has 0 bridgehead atoms. The van der Waals surface area contributed by atoms with Crippen LogP contribution in [0.5, 0.6) is 0 Å². The van der Waals surface area contributed by atoms with Gasteiger partial charge in [-0.25, -0.2) is 0 Å². The third kappa shape index (κ3) is 4.57. The molecule has 0 radical (unpaired) electrons. The Labute approximate surface area is 219 Å². The predicted octanol–water partition coefficient (Wildman–Crippen LogP) is 4.19. The molecule has 2 unspecified atom stereocenters. The Morgan fingerprint density at radius 2 is 1.30 bits per heavy atom. The summed E-state index contributed by atoms with van der Waals surface area (Å²) in [5, 5.41) is 0. The van der Waals surface area contributed by atoms with Crippen molar-refractivity contribution in [3.05, 3.63) is 108 Å². The van der Waals surface area contributed by atoms with Crippen molar-refractivity contribution in [2.45, 2.75) is 24.8 Å². The molecule has 3 fully saturated rings. The van der Waals surface area contributed by atoms with Gasteiger partial charge in [-0.3, -0.25) is 14.5 Å². The first-order valence-electron chi connectivity index (χ1n) is 13.6. The van der Waals surface area contributed by atoms with E-state index in [0.717, 1.165) is 56.7 Å². The number of rotatable bonds is 6. The van der Waals surface area contributed by atoms with Crippen molar-refractivity contribution in [2.24, 2.45) is 11.8 Å². The third-order valence-corrected chi connectivity index (χ3v) is 8.65. The summed E-state index contributed by atoms with van der Waals surface area (Å²) in [6, 6.07) is 30.8.